The summed E-state index contributed by atoms with van der Waals surface area (Å²) in [4.78, 5) is 24.5. The third kappa shape index (κ3) is 4.82. The second kappa shape index (κ2) is 8.24. The van der Waals surface area contributed by atoms with Gasteiger partial charge in [-0.2, -0.15) is 0 Å². The molecule has 2 atom stereocenters. The molecule has 1 aliphatic rings. The number of imidazole rings is 1. The summed E-state index contributed by atoms with van der Waals surface area (Å²) in [5.74, 6) is -0.0397. The second-order valence-electron chi connectivity index (χ2n) is 8.97. The number of carbonyl (C=O) groups is 1. The van der Waals surface area contributed by atoms with Crippen molar-refractivity contribution in [2.24, 2.45) is 16.7 Å². The fourth-order valence-corrected chi connectivity index (χ4v) is 5.04. The molecule has 10 nitrogen and oxygen atoms in total. The first-order chi connectivity index (χ1) is 14.0. The van der Waals surface area contributed by atoms with Crippen LogP contribution in [0, 0.1) is 16.7 Å². The molecule has 2 N–H and O–H groups in total. The van der Waals surface area contributed by atoms with E-state index in [2.05, 4.69) is 15.0 Å². The van der Waals surface area contributed by atoms with Gasteiger partial charge in [-0.25, -0.2) is 15.0 Å². The Balaban J connectivity index is 1.64. The Morgan fingerprint density at radius 3 is 2.63 bits per heavy atom. The Kier molecular flexibility index (Phi) is 6.23. The number of nitrogens with zero attached hydrogens (tertiary/aromatic N) is 4. The molecule has 30 heavy (non-hydrogen) atoms. The van der Waals surface area contributed by atoms with Gasteiger partial charge in [0.1, 0.15) is 11.8 Å². The van der Waals surface area contributed by atoms with E-state index in [1.165, 1.54) is 13.4 Å². The normalized spacial score (nSPS) is 18.7. The molecule has 2 unspecified atom stereocenters. The first-order valence-electron chi connectivity index (χ1n) is 9.87. The van der Waals surface area contributed by atoms with E-state index in [4.69, 9.17) is 19.5 Å². The van der Waals surface area contributed by atoms with Crippen molar-refractivity contribution in [1.82, 2.24) is 19.5 Å². The molecule has 0 radical (unpaired) electrons. The van der Waals surface area contributed by atoms with Crippen LogP contribution < -0.4 is 5.73 Å². The van der Waals surface area contributed by atoms with Crippen LogP contribution in [-0.4, -0.2) is 45.6 Å². The zero-order chi connectivity index (χ0) is 22.2. The molecule has 0 spiro atoms. The lowest BCUT2D eigenvalue weighted by atomic mass is 9.92. The number of anilines is 1. The fraction of sp³-hybridized carbons (Fsp3) is 0.684. The van der Waals surface area contributed by atoms with E-state index in [9.17, 15) is 9.36 Å². The quantitative estimate of drug-likeness (QED) is 0.355. The van der Waals surface area contributed by atoms with Gasteiger partial charge in [0, 0.05) is 13.7 Å². The summed E-state index contributed by atoms with van der Waals surface area (Å²) >= 11 is 0. The monoisotopic (exact) mass is 439 g/mol. The highest BCUT2D eigenvalue weighted by Crippen LogP contribution is 2.59. The fourth-order valence-electron chi connectivity index (χ4n) is 3.41. The molecule has 0 saturated heterocycles. The lowest BCUT2D eigenvalue weighted by molar-refractivity contribution is -0.160. The molecule has 0 amide bonds. The van der Waals surface area contributed by atoms with Gasteiger partial charge in [-0.3, -0.25) is 13.9 Å². The van der Waals surface area contributed by atoms with Gasteiger partial charge >= 0.3 is 13.6 Å². The summed E-state index contributed by atoms with van der Waals surface area (Å²) in [7, 11) is -2.07. The molecule has 0 aromatic carbocycles. The zero-order valence-corrected chi connectivity index (χ0v) is 19.0. The van der Waals surface area contributed by atoms with Gasteiger partial charge in [-0.05, 0) is 44.9 Å². The first kappa shape index (κ1) is 22.7. The first-order valence-corrected chi connectivity index (χ1v) is 11.6. The van der Waals surface area contributed by atoms with E-state index in [0.717, 1.165) is 12.8 Å². The van der Waals surface area contributed by atoms with Crippen LogP contribution in [0.4, 0.5) is 5.82 Å². The minimum atomic E-state index is -3.41. The predicted molar refractivity (Wildman–Crippen MR) is 112 cm³/mol. The van der Waals surface area contributed by atoms with Gasteiger partial charge in [0.05, 0.1) is 17.9 Å². The van der Waals surface area contributed by atoms with Crippen LogP contribution in [0.15, 0.2) is 12.7 Å². The Hall–Kier alpha value is -2.03. The Morgan fingerprint density at radius 1 is 1.33 bits per heavy atom. The molecule has 1 saturated carbocycles. The number of esters is 1. The van der Waals surface area contributed by atoms with Crippen LogP contribution in [0.1, 0.15) is 40.5 Å². The van der Waals surface area contributed by atoms with Crippen molar-refractivity contribution in [3.05, 3.63) is 12.7 Å². The summed E-state index contributed by atoms with van der Waals surface area (Å²) in [6.07, 6.45) is 5.32. The highest BCUT2D eigenvalue weighted by Gasteiger charge is 2.50. The number of rotatable bonds is 9. The van der Waals surface area contributed by atoms with Crippen LogP contribution in [0.5, 0.6) is 0 Å². The maximum Gasteiger partial charge on any atom is 0.333 e. The molecule has 0 aliphatic heterocycles. The summed E-state index contributed by atoms with van der Waals surface area (Å²) in [5.41, 5.74) is 6.41. The minimum absolute atomic E-state index is 0.0400. The molecule has 11 heteroatoms. The van der Waals surface area contributed by atoms with Crippen LogP contribution in [0.25, 0.3) is 11.2 Å². The van der Waals surface area contributed by atoms with Crippen LogP contribution >= 0.6 is 7.60 Å². The molecule has 1 aliphatic carbocycles. The van der Waals surface area contributed by atoms with Gasteiger partial charge in [0.2, 0.25) is 6.79 Å². The van der Waals surface area contributed by atoms with Gasteiger partial charge < -0.3 is 19.6 Å². The molecular formula is C19H30N5O5P. The number of ether oxygens (including phenoxy) is 1. The van der Waals surface area contributed by atoms with Crippen molar-refractivity contribution in [3.8, 4) is 0 Å². The van der Waals surface area contributed by atoms with Crippen LogP contribution in [0.2, 0.25) is 0 Å². The number of hydrogen-bond acceptors (Lipinski definition) is 9. The Bertz CT molecular complexity index is 966. The number of nitrogen functional groups attached to an aromatic ring is 1. The van der Waals surface area contributed by atoms with Crippen LogP contribution in [-0.2, 0) is 29.7 Å². The largest absolute Gasteiger partial charge is 0.438 e. The lowest BCUT2D eigenvalue weighted by Gasteiger charge is -2.27. The molecule has 2 heterocycles. The third-order valence-corrected chi connectivity index (χ3v) is 7.73. The number of aromatic nitrogens is 4. The van der Waals surface area contributed by atoms with Gasteiger partial charge in [0.15, 0.2) is 11.5 Å². The number of nitrogens with two attached hydrogens (primary N) is 1. The standard InChI is InChI=1S/C19H30N5O5P/c1-13(8-30(26,27-5)29-12-28-17(25)18(2,3)4)19(6-7-19)9-24-11-23-14-15(20)21-10-22-16(14)24/h10-11,13H,6-9,12H2,1-5H3,(H2,20,21,22). The van der Waals surface area contributed by atoms with Crippen molar-refractivity contribution in [2.45, 2.75) is 47.1 Å². The summed E-state index contributed by atoms with van der Waals surface area (Å²) in [6, 6.07) is 0. The SMILES string of the molecule is COP(=O)(CC(C)C1(Cn2cnc3c(N)ncnc32)CC1)OCOC(=O)C(C)(C)C. The van der Waals surface area contributed by atoms with E-state index in [-0.39, 0.29) is 17.5 Å². The third-order valence-electron chi connectivity index (χ3n) is 5.68. The van der Waals surface area contributed by atoms with Crippen molar-refractivity contribution in [1.29, 1.82) is 0 Å². The lowest BCUT2D eigenvalue weighted by Crippen LogP contribution is -2.25. The molecule has 1 fully saturated rings. The molecule has 166 valence electrons. The highest BCUT2D eigenvalue weighted by atomic mass is 31.2. The van der Waals surface area contributed by atoms with E-state index in [0.29, 0.717) is 23.5 Å². The van der Waals surface area contributed by atoms with Crippen molar-refractivity contribution in [2.75, 3.05) is 25.8 Å². The topological polar surface area (TPSA) is 131 Å². The van der Waals surface area contributed by atoms with Crippen molar-refractivity contribution < 1.29 is 23.1 Å². The number of carbonyl (C=O) groups excluding carboxylic acids is 1. The number of fused-ring (bicyclic) bond motifs is 1. The van der Waals surface area contributed by atoms with E-state index >= 15 is 0 Å². The molecule has 3 rings (SSSR count). The zero-order valence-electron chi connectivity index (χ0n) is 18.1. The van der Waals surface area contributed by atoms with Gasteiger partial charge in [-0.1, -0.05) is 6.92 Å². The maximum atomic E-state index is 13.1. The summed E-state index contributed by atoms with van der Waals surface area (Å²) in [6.45, 7) is 7.52. The molecule has 2 aromatic heterocycles. The Labute approximate surface area is 176 Å². The predicted octanol–water partition coefficient (Wildman–Crippen LogP) is 3.23. The van der Waals surface area contributed by atoms with Crippen molar-refractivity contribution >= 4 is 30.5 Å². The van der Waals surface area contributed by atoms with Crippen molar-refractivity contribution in [3.63, 3.8) is 0 Å². The Morgan fingerprint density at radius 2 is 2.03 bits per heavy atom. The number of hydrogen-bond donors (Lipinski definition) is 1. The average molecular weight is 439 g/mol. The maximum absolute atomic E-state index is 13.1. The second-order valence-corrected chi connectivity index (χ2v) is 11.2. The smallest absolute Gasteiger partial charge is 0.333 e. The van der Waals surface area contributed by atoms with Gasteiger partial charge in [-0.15, -0.1) is 0 Å². The van der Waals surface area contributed by atoms with E-state index < -0.39 is 25.8 Å². The minimum Gasteiger partial charge on any atom is -0.438 e. The molecule has 2 aromatic rings. The average Bonchev–Trinajstić information content (AvgIpc) is 3.35. The summed E-state index contributed by atoms with van der Waals surface area (Å²) in [5, 5.41) is 0. The van der Waals surface area contributed by atoms with Crippen LogP contribution in [0.3, 0.4) is 0 Å². The van der Waals surface area contributed by atoms with Gasteiger partial charge in [0.25, 0.3) is 0 Å². The molecular weight excluding hydrogens is 409 g/mol. The van der Waals surface area contributed by atoms with E-state index in [1.54, 1.807) is 27.1 Å². The summed E-state index contributed by atoms with van der Waals surface area (Å²) < 4.78 is 30.7. The highest BCUT2D eigenvalue weighted by molar-refractivity contribution is 7.53. The van der Waals surface area contributed by atoms with E-state index in [1.807, 2.05) is 11.5 Å². The molecule has 0 bridgehead atoms.